The lowest BCUT2D eigenvalue weighted by Crippen LogP contribution is -2.58. The van der Waals surface area contributed by atoms with Crippen LogP contribution in [0.1, 0.15) is 13.8 Å². The number of aliphatic hydroxyl groups is 5. The fourth-order valence-electron chi connectivity index (χ4n) is 1.26. The fraction of sp³-hybridized carbons (Fsp3) is 1.00. The van der Waals surface area contributed by atoms with Gasteiger partial charge in [-0.25, -0.2) is 0 Å². The summed E-state index contributed by atoms with van der Waals surface area (Å²) in [6, 6.07) is 0. The minimum absolute atomic E-state index is 0.167. The molecule has 5 atom stereocenters. The molecule has 1 rings (SSSR count). The van der Waals surface area contributed by atoms with E-state index < -0.39 is 37.3 Å². The van der Waals surface area contributed by atoms with Crippen molar-refractivity contribution < 1.29 is 35.0 Å². The Morgan fingerprint density at radius 2 is 1.59 bits per heavy atom. The summed E-state index contributed by atoms with van der Waals surface area (Å²) in [7, 11) is 1.30. The number of methoxy groups -OCH3 is 1. The van der Waals surface area contributed by atoms with E-state index in [-0.39, 0.29) is 6.10 Å². The lowest BCUT2D eigenvalue weighted by molar-refractivity contribution is -0.294. The minimum Gasteiger partial charge on any atom is -0.394 e. The van der Waals surface area contributed by atoms with Crippen LogP contribution in [-0.2, 0) is 9.47 Å². The first-order chi connectivity index (χ1) is 7.84. The molecule has 0 aromatic heterocycles. The Hall–Kier alpha value is -0.280. The molecule has 1 saturated heterocycles. The van der Waals surface area contributed by atoms with Gasteiger partial charge in [0, 0.05) is 13.2 Å². The summed E-state index contributed by atoms with van der Waals surface area (Å²) in [5.74, 6) is 0. The average molecular weight is 254 g/mol. The van der Waals surface area contributed by atoms with Crippen LogP contribution in [0.4, 0.5) is 0 Å². The van der Waals surface area contributed by atoms with Crippen molar-refractivity contribution in [2.45, 2.75) is 50.7 Å². The Labute approximate surface area is 100 Å². The second-order valence-electron chi connectivity index (χ2n) is 4.03. The monoisotopic (exact) mass is 254 g/mol. The maximum absolute atomic E-state index is 9.28. The van der Waals surface area contributed by atoms with Gasteiger partial charge < -0.3 is 35.0 Å². The van der Waals surface area contributed by atoms with Crippen molar-refractivity contribution in [3.05, 3.63) is 0 Å². The van der Waals surface area contributed by atoms with Gasteiger partial charge in [0.25, 0.3) is 0 Å². The maximum atomic E-state index is 9.28. The third-order valence-corrected chi connectivity index (χ3v) is 2.08. The van der Waals surface area contributed by atoms with E-state index in [1.54, 1.807) is 13.8 Å². The van der Waals surface area contributed by atoms with Crippen LogP contribution < -0.4 is 0 Å². The topological polar surface area (TPSA) is 120 Å². The predicted molar refractivity (Wildman–Crippen MR) is 58.1 cm³/mol. The maximum Gasteiger partial charge on any atom is 0.186 e. The van der Waals surface area contributed by atoms with Gasteiger partial charge >= 0.3 is 0 Å². The first-order valence-corrected chi connectivity index (χ1v) is 5.36. The van der Waals surface area contributed by atoms with Crippen molar-refractivity contribution >= 4 is 0 Å². The van der Waals surface area contributed by atoms with Gasteiger partial charge in [0.15, 0.2) is 6.29 Å². The second kappa shape index (κ2) is 7.93. The summed E-state index contributed by atoms with van der Waals surface area (Å²) < 4.78 is 9.65. The molecule has 1 aliphatic heterocycles. The van der Waals surface area contributed by atoms with Crippen LogP contribution in [0, 0.1) is 0 Å². The van der Waals surface area contributed by atoms with Crippen molar-refractivity contribution in [3.8, 4) is 0 Å². The molecule has 0 aromatic rings. The van der Waals surface area contributed by atoms with Gasteiger partial charge in [-0.1, -0.05) is 0 Å². The molecule has 0 aliphatic carbocycles. The van der Waals surface area contributed by atoms with Gasteiger partial charge in [0.05, 0.1) is 6.61 Å². The molecular formula is C10H22O7. The number of hydrogen-bond donors (Lipinski definition) is 5. The van der Waals surface area contributed by atoms with Crippen molar-refractivity contribution in [2.24, 2.45) is 0 Å². The highest BCUT2D eigenvalue weighted by Gasteiger charge is 2.43. The molecule has 1 heterocycles. The Morgan fingerprint density at radius 3 is 1.94 bits per heavy atom. The molecule has 0 radical (unpaired) electrons. The van der Waals surface area contributed by atoms with Crippen LogP contribution in [-0.4, -0.2) is 76.1 Å². The zero-order chi connectivity index (χ0) is 13.6. The average Bonchev–Trinajstić information content (AvgIpc) is 2.26. The number of hydrogen-bond acceptors (Lipinski definition) is 7. The SMILES string of the molecule is CC(C)O.CO[C@@H]1O[C@H](CO)[C@@H](O)[C@H](O)[C@@H]1O. The molecule has 0 bridgehead atoms. The summed E-state index contributed by atoms with van der Waals surface area (Å²) in [6.45, 7) is 3.00. The molecule has 0 unspecified atom stereocenters. The summed E-state index contributed by atoms with van der Waals surface area (Å²) >= 11 is 0. The number of rotatable bonds is 2. The van der Waals surface area contributed by atoms with Gasteiger partial charge in [-0.2, -0.15) is 0 Å². The van der Waals surface area contributed by atoms with E-state index >= 15 is 0 Å². The zero-order valence-electron chi connectivity index (χ0n) is 10.2. The number of aliphatic hydroxyl groups excluding tert-OH is 5. The van der Waals surface area contributed by atoms with Crippen LogP contribution >= 0.6 is 0 Å². The molecule has 0 amide bonds. The van der Waals surface area contributed by atoms with E-state index in [1.165, 1.54) is 7.11 Å². The Kier molecular flexibility index (Phi) is 7.80. The number of ether oxygens (including phenoxy) is 2. The predicted octanol–water partition coefficient (Wildman–Crippen LogP) is -2.18. The van der Waals surface area contributed by atoms with Crippen molar-refractivity contribution in [2.75, 3.05) is 13.7 Å². The van der Waals surface area contributed by atoms with Crippen LogP contribution in [0.3, 0.4) is 0 Å². The fourth-order valence-corrected chi connectivity index (χ4v) is 1.26. The lowest BCUT2D eigenvalue weighted by atomic mass is 9.99. The smallest absolute Gasteiger partial charge is 0.186 e. The molecule has 0 aromatic carbocycles. The standard InChI is InChI=1S/C7H14O6.C3H8O/c1-12-7-6(11)5(10)4(9)3(2-8)13-7;1-3(2)4/h3-11H,2H2,1H3;3-4H,1-2H3/t3-,4-,5+,6+,7-;/m1./s1. The Bertz CT molecular complexity index is 176. The summed E-state index contributed by atoms with van der Waals surface area (Å²) in [5.41, 5.74) is 0. The quantitative estimate of drug-likeness (QED) is 0.380. The molecule has 7 heteroatoms. The van der Waals surface area contributed by atoms with Crippen LogP contribution in [0.15, 0.2) is 0 Å². The Morgan fingerprint density at radius 1 is 1.12 bits per heavy atom. The third kappa shape index (κ3) is 5.26. The highest BCUT2D eigenvalue weighted by Crippen LogP contribution is 2.20. The minimum atomic E-state index is -1.36. The second-order valence-corrected chi connectivity index (χ2v) is 4.03. The lowest BCUT2D eigenvalue weighted by Gasteiger charge is -2.38. The van der Waals surface area contributed by atoms with Crippen LogP contribution in [0.25, 0.3) is 0 Å². The van der Waals surface area contributed by atoms with Crippen molar-refractivity contribution in [1.82, 2.24) is 0 Å². The van der Waals surface area contributed by atoms with Crippen molar-refractivity contribution in [3.63, 3.8) is 0 Å². The van der Waals surface area contributed by atoms with E-state index in [2.05, 4.69) is 0 Å². The van der Waals surface area contributed by atoms with E-state index in [0.717, 1.165) is 0 Å². The third-order valence-electron chi connectivity index (χ3n) is 2.08. The van der Waals surface area contributed by atoms with E-state index in [1.807, 2.05) is 0 Å². The van der Waals surface area contributed by atoms with E-state index in [0.29, 0.717) is 0 Å². The van der Waals surface area contributed by atoms with Crippen LogP contribution in [0.5, 0.6) is 0 Å². The van der Waals surface area contributed by atoms with Gasteiger partial charge in [-0.3, -0.25) is 0 Å². The molecule has 104 valence electrons. The normalized spacial score (nSPS) is 37.6. The molecule has 7 nitrogen and oxygen atoms in total. The van der Waals surface area contributed by atoms with Gasteiger partial charge in [0.1, 0.15) is 24.4 Å². The molecule has 0 spiro atoms. The van der Waals surface area contributed by atoms with Gasteiger partial charge in [-0.05, 0) is 13.8 Å². The van der Waals surface area contributed by atoms with Gasteiger partial charge in [0.2, 0.25) is 0 Å². The van der Waals surface area contributed by atoms with E-state index in [4.69, 9.17) is 19.7 Å². The zero-order valence-corrected chi connectivity index (χ0v) is 10.2. The largest absolute Gasteiger partial charge is 0.394 e. The highest BCUT2D eigenvalue weighted by atomic mass is 16.7. The molecule has 0 saturated carbocycles. The summed E-state index contributed by atoms with van der Waals surface area (Å²) in [4.78, 5) is 0. The molecule has 1 aliphatic rings. The van der Waals surface area contributed by atoms with Crippen LogP contribution in [0.2, 0.25) is 0 Å². The highest BCUT2D eigenvalue weighted by molar-refractivity contribution is 4.88. The molecule has 17 heavy (non-hydrogen) atoms. The Balaban J connectivity index is 0.000000557. The molecule has 1 fully saturated rings. The van der Waals surface area contributed by atoms with Crippen molar-refractivity contribution in [1.29, 1.82) is 0 Å². The summed E-state index contributed by atoms with van der Waals surface area (Å²) in [6.07, 6.45) is -6.08. The molecule has 5 N–H and O–H groups in total. The first kappa shape index (κ1) is 16.7. The van der Waals surface area contributed by atoms with E-state index in [9.17, 15) is 15.3 Å². The summed E-state index contributed by atoms with van der Waals surface area (Å²) in [5, 5.41) is 44.6. The van der Waals surface area contributed by atoms with Gasteiger partial charge in [-0.15, -0.1) is 0 Å². The molecular weight excluding hydrogens is 232 g/mol. The first-order valence-electron chi connectivity index (χ1n) is 5.36.